The minimum atomic E-state index is 0.0816. The Morgan fingerprint density at radius 1 is 1.28 bits per heavy atom. The third-order valence-corrected chi connectivity index (χ3v) is 4.48. The minimum Gasteiger partial charge on any atom is -0.341 e. The summed E-state index contributed by atoms with van der Waals surface area (Å²) in [6.45, 7) is 7.74. The lowest BCUT2D eigenvalue weighted by molar-refractivity contribution is -0.134. The van der Waals surface area contributed by atoms with Crippen LogP contribution in [0.2, 0.25) is 0 Å². The minimum absolute atomic E-state index is 0.0816. The highest BCUT2D eigenvalue weighted by atomic mass is 16.2. The molecule has 0 unspecified atom stereocenters. The first-order chi connectivity index (χ1) is 8.59. The van der Waals surface area contributed by atoms with Gasteiger partial charge in [0.25, 0.3) is 0 Å². The largest absolute Gasteiger partial charge is 0.341 e. The van der Waals surface area contributed by atoms with E-state index in [1.165, 1.54) is 0 Å². The Morgan fingerprint density at radius 2 is 1.94 bits per heavy atom. The molecule has 104 valence electrons. The molecule has 2 aliphatic heterocycles. The summed E-state index contributed by atoms with van der Waals surface area (Å²) >= 11 is 0. The smallest absolute Gasteiger partial charge is 0.239 e. The van der Waals surface area contributed by atoms with E-state index in [1.54, 1.807) is 0 Å². The Balaban J connectivity index is 1.83. The fourth-order valence-corrected chi connectivity index (χ4v) is 3.11. The lowest BCUT2D eigenvalue weighted by Gasteiger charge is -2.39. The Hall–Kier alpha value is -0.610. The highest BCUT2D eigenvalue weighted by Gasteiger charge is 2.31. The molecule has 0 aromatic heterocycles. The summed E-state index contributed by atoms with van der Waals surface area (Å²) in [6.07, 6.45) is 4.38. The van der Waals surface area contributed by atoms with Crippen molar-refractivity contribution in [2.45, 2.75) is 57.7 Å². The number of rotatable bonds is 3. The maximum atomic E-state index is 12.3. The van der Waals surface area contributed by atoms with Crippen LogP contribution >= 0.6 is 0 Å². The molecule has 4 nitrogen and oxygen atoms in total. The van der Waals surface area contributed by atoms with Crippen LogP contribution in [-0.4, -0.2) is 60.5 Å². The molecule has 0 aromatic carbocycles. The number of likely N-dealkylation sites (tertiary alicyclic amines) is 1. The Bertz CT molecular complexity index is 279. The normalized spacial score (nSPS) is 26.8. The molecule has 0 spiro atoms. The summed E-state index contributed by atoms with van der Waals surface area (Å²) in [5, 5.41) is 3.30. The average Bonchev–Trinajstić information content (AvgIpc) is 2.91. The zero-order valence-electron chi connectivity index (χ0n) is 12.0. The Labute approximate surface area is 111 Å². The fraction of sp³-hybridized carbons (Fsp3) is 0.929. The van der Waals surface area contributed by atoms with E-state index in [1.807, 2.05) is 11.9 Å². The molecule has 18 heavy (non-hydrogen) atoms. The summed E-state index contributed by atoms with van der Waals surface area (Å²) < 4.78 is 0. The third-order valence-electron chi connectivity index (χ3n) is 4.48. The van der Waals surface area contributed by atoms with E-state index in [0.717, 1.165) is 45.3 Å². The number of carbonyl (C=O) groups is 1. The van der Waals surface area contributed by atoms with Gasteiger partial charge in [-0.1, -0.05) is 0 Å². The number of carbonyl (C=O) groups excluding carboxylic acids is 1. The molecule has 2 rings (SSSR count). The van der Waals surface area contributed by atoms with Gasteiger partial charge in [0.1, 0.15) is 0 Å². The number of hydrogen-bond acceptors (Lipinski definition) is 3. The van der Waals surface area contributed by atoms with Crippen molar-refractivity contribution in [1.82, 2.24) is 15.1 Å². The first kappa shape index (κ1) is 13.8. The fourth-order valence-electron chi connectivity index (χ4n) is 3.11. The van der Waals surface area contributed by atoms with Crippen LogP contribution < -0.4 is 5.32 Å². The third kappa shape index (κ3) is 3.04. The molecule has 2 heterocycles. The van der Waals surface area contributed by atoms with E-state index in [9.17, 15) is 4.79 Å². The zero-order chi connectivity index (χ0) is 13.1. The predicted octanol–water partition coefficient (Wildman–Crippen LogP) is 1.07. The molecule has 1 atom stereocenters. The number of piperidine rings is 1. The van der Waals surface area contributed by atoms with Crippen molar-refractivity contribution in [2.75, 3.05) is 26.7 Å². The molecular weight excluding hydrogens is 226 g/mol. The Kier molecular flexibility index (Phi) is 4.62. The van der Waals surface area contributed by atoms with Crippen molar-refractivity contribution in [1.29, 1.82) is 0 Å². The second kappa shape index (κ2) is 6.02. The van der Waals surface area contributed by atoms with Gasteiger partial charge in [-0.25, -0.2) is 0 Å². The van der Waals surface area contributed by atoms with E-state index in [0.29, 0.717) is 18.0 Å². The molecule has 0 bridgehead atoms. The number of amides is 1. The first-order valence-corrected chi connectivity index (χ1v) is 7.33. The van der Waals surface area contributed by atoms with Gasteiger partial charge in [-0.2, -0.15) is 0 Å². The molecule has 0 aromatic rings. The van der Waals surface area contributed by atoms with Crippen molar-refractivity contribution in [2.24, 2.45) is 0 Å². The maximum absolute atomic E-state index is 12.3. The van der Waals surface area contributed by atoms with Gasteiger partial charge in [-0.3, -0.25) is 4.79 Å². The van der Waals surface area contributed by atoms with Crippen LogP contribution in [0.15, 0.2) is 0 Å². The van der Waals surface area contributed by atoms with Gasteiger partial charge in [0.05, 0.1) is 6.04 Å². The molecule has 1 N–H and O–H groups in total. The summed E-state index contributed by atoms with van der Waals surface area (Å²) in [7, 11) is 1.98. The SMILES string of the molecule is CC(C)N1CCC(N(C)C(=O)[C@H]2CCCN2)CC1. The lowest BCUT2D eigenvalue weighted by Crippen LogP contribution is -2.51. The molecule has 2 aliphatic rings. The van der Waals surface area contributed by atoms with Gasteiger partial charge in [0.15, 0.2) is 0 Å². The molecule has 0 saturated carbocycles. The van der Waals surface area contributed by atoms with Gasteiger partial charge in [-0.15, -0.1) is 0 Å². The topological polar surface area (TPSA) is 35.6 Å². The maximum Gasteiger partial charge on any atom is 0.239 e. The summed E-state index contributed by atoms with van der Waals surface area (Å²) in [5.74, 6) is 0.301. The molecular formula is C14H27N3O. The second-order valence-corrected chi connectivity index (χ2v) is 5.96. The van der Waals surface area contributed by atoms with E-state index in [2.05, 4.69) is 24.1 Å². The molecule has 2 saturated heterocycles. The van der Waals surface area contributed by atoms with Crippen LogP contribution in [0.5, 0.6) is 0 Å². The van der Waals surface area contributed by atoms with E-state index in [4.69, 9.17) is 0 Å². The van der Waals surface area contributed by atoms with Crippen LogP contribution in [0.25, 0.3) is 0 Å². The van der Waals surface area contributed by atoms with Gasteiger partial charge in [0, 0.05) is 32.2 Å². The predicted molar refractivity (Wildman–Crippen MR) is 73.5 cm³/mol. The van der Waals surface area contributed by atoms with Crippen LogP contribution in [0.1, 0.15) is 39.5 Å². The lowest BCUT2D eigenvalue weighted by atomic mass is 10.0. The van der Waals surface area contributed by atoms with Crippen LogP contribution in [0.3, 0.4) is 0 Å². The summed E-state index contributed by atoms with van der Waals surface area (Å²) in [6, 6.07) is 1.15. The first-order valence-electron chi connectivity index (χ1n) is 7.33. The summed E-state index contributed by atoms with van der Waals surface area (Å²) in [5.41, 5.74) is 0. The van der Waals surface area contributed by atoms with E-state index in [-0.39, 0.29) is 6.04 Å². The molecule has 2 fully saturated rings. The van der Waals surface area contributed by atoms with Crippen molar-refractivity contribution >= 4 is 5.91 Å². The highest BCUT2D eigenvalue weighted by Crippen LogP contribution is 2.19. The monoisotopic (exact) mass is 253 g/mol. The summed E-state index contributed by atoms with van der Waals surface area (Å²) in [4.78, 5) is 16.8. The molecule has 0 aliphatic carbocycles. The second-order valence-electron chi connectivity index (χ2n) is 5.96. The number of hydrogen-bond donors (Lipinski definition) is 1. The van der Waals surface area contributed by atoms with Crippen molar-refractivity contribution in [3.63, 3.8) is 0 Å². The number of nitrogens with zero attached hydrogens (tertiary/aromatic N) is 2. The van der Waals surface area contributed by atoms with Crippen molar-refractivity contribution in [3.05, 3.63) is 0 Å². The number of likely N-dealkylation sites (N-methyl/N-ethyl adjacent to an activating group) is 1. The van der Waals surface area contributed by atoms with Crippen molar-refractivity contribution in [3.8, 4) is 0 Å². The standard InChI is InChI=1S/C14H27N3O/c1-11(2)17-9-6-12(7-10-17)16(3)14(18)13-5-4-8-15-13/h11-13,15H,4-10H2,1-3H3/t13-/m1/s1. The molecule has 0 radical (unpaired) electrons. The molecule has 4 heteroatoms. The van der Waals surface area contributed by atoms with Gasteiger partial charge >= 0.3 is 0 Å². The quantitative estimate of drug-likeness (QED) is 0.817. The van der Waals surface area contributed by atoms with Crippen LogP contribution in [0, 0.1) is 0 Å². The van der Waals surface area contributed by atoms with E-state index < -0.39 is 0 Å². The van der Waals surface area contributed by atoms with Crippen LogP contribution in [-0.2, 0) is 4.79 Å². The van der Waals surface area contributed by atoms with Gasteiger partial charge in [0.2, 0.25) is 5.91 Å². The zero-order valence-corrected chi connectivity index (χ0v) is 12.0. The molecule has 1 amide bonds. The average molecular weight is 253 g/mol. The highest BCUT2D eigenvalue weighted by molar-refractivity contribution is 5.82. The van der Waals surface area contributed by atoms with Crippen LogP contribution in [0.4, 0.5) is 0 Å². The van der Waals surface area contributed by atoms with Gasteiger partial charge < -0.3 is 15.1 Å². The van der Waals surface area contributed by atoms with Gasteiger partial charge in [-0.05, 0) is 46.1 Å². The van der Waals surface area contributed by atoms with E-state index >= 15 is 0 Å². The van der Waals surface area contributed by atoms with Crippen molar-refractivity contribution < 1.29 is 4.79 Å². The number of nitrogens with one attached hydrogen (secondary N) is 1. The Morgan fingerprint density at radius 3 is 2.44 bits per heavy atom.